The first-order chi connectivity index (χ1) is 8.36. The molecule has 0 aromatic carbocycles. The van der Waals surface area contributed by atoms with Crippen LogP contribution < -0.4 is 0 Å². The van der Waals surface area contributed by atoms with Gasteiger partial charge in [0.05, 0.1) is 17.2 Å². The fourth-order valence-electron chi connectivity index (χ4n) is 1.86. The molecule has 1 aromatic heterocycles. The van der Waals surface area contributed by atoms with E-state index >= 15 is 0 Å². The Morgan fingerprint density at radius 2 is 2.22 bits per heavy atom. The van der Waals surface area contributed by atoms with Gasteiger partial charge in [0.25, 0.3) is 0 Å². The van der Waals surface area contributed by atoms with E-state index in [2.05, 4.69) is 31.1 Å². The highest BCUT2D eigenvalue weighted by molar-refractivity contribution is 7.09. The Bertz CT molecular complexity index is 432. The van der Waals surface area contributed by atoms with Gasteiger partial charge in [-0.25, -0.2) is 4.98 Å². The van der Waals surface area contributed by atoms with Crippen LogP contribution in [0.4, 0.5) is 0 Å². The molecule has 0 saturated heterocycles. The Morgan fingerprint density at radius 3 is 2.67 bits per heavy atom. The van der Waals surface area contributed by atoms with E-state index in [0.29, 0.717) is 12.6 Å². The van der Waals surface area contributed by atoms with E-state index in [1.807, 2.05) is 4.90 Å². The van der Waals surface area contributed by atoms with Crippen molar-refractivity contribution in [2.75, 3.05) is 6.54 Å². The Labute approximate surface area is 112 Å². The summed E-state index contributed by atoms with van der Waals surface area (Å²) in [7, 11) is 0. The van der Waals surface area contributed by atoms with Gasteiger partial charge in [-0.3, -0.25) is 9.69 Å². The van der Waals surface area contributed by atoms with Crippen LogP contribution in [-0.2, 0) is 16.8 Å². The molecule has 1 heterocycles. The number of aliphatic carboxylic acids is 1. The van der Waals surface area contributed by atoms with Gasteiger partial charge in [-0.05, 0) is 12.8 Å². The molecule has 0 radical (unpaired) electrons. The molecule has 0 aliphatic heterocycles. The maximum atomic E-state index is 10.8. The molecule has 2 rings (SSSR count). The maximum Gasteiger partial charge on any atom is 0.317 e. The lowest BCUT2D eigenvalue weighted by atomic mass is 9.98. The van der Waals surface area contributed by atoms with Crippen LogP contribution in [0.1, 0.15) is 44.3 Å². The molecule has 1 saturated carbocycles. The number of rotatable bonds is 5. The molecule has 1 aliphatic carbocycles. The number of aromatic nitrogens is 1. The van der Waals surface area contributed by atoms with Gasteiger partial charge in [-0.15, -0.1) is 11.3 Å². The van der Waals surface area contributed by atoms with Crippen LogP contribution in [0.5, 0.6) is 0 Å². The smallest absolute Gasteiger partial charge is 0.317 e. The lowest BCUT2D eigenvalue weighted by molar-refractivity contribution is -0.138. The van der Waals surface area contributed by atoms with Crippen LogP contribution in [-0.4, -0.2) is 33.5 Å². The van der Waals surface area contributed by atoms with Crippen LogP contribution in [0.3, 0.4) is 0 Å². The van der Waals surface area contributed by atoms with Crippen molar-refractivity contribution < 1.29 is 9.90 Å². The van der Waals surface area contributed by atoms with Crippen molar-refractivity contribution in [3.63, 3.8) is 0 Å². The molecule has 0 atom stereocenters. The Kier molecular flexibility index (Phi) is 3.73. The maximum absolute atomic E-state index is 10.8. The third-order valence-electron chi connectivity index (χ3n) is 2.96. The Balaban J connectivity index is 2.02. The summed E-state index contributed by atoms with van der Waals surface area (Å²) in [4.78, 5) is 17.5. The average molecular weight is 268 g/mol. The number of thiazole rings is 1. The normalized spacial score (nSPS) is 16.2. The van der Waals surface area contributed by atoms with Crippen molar-refractivity contribution in [3.05, 3.63) is 16.1 Å². The molecule has 100 valence electrons. The molecule has 4 nitrogen and oxygen atoms in total. The second-order valence-electron chi connectivity index (χ2n) is 5.92. The van der Waals surface area contributed by atoms with Gasteiger partial charge in [0.15, 0.2) is 0 Å². The highest BCUT2D eigenvalue weighted by Crippen LogP contribution is 2.30. The highest BCUT2D eigenvalue weighted by atomic mass is 32.1. The van der Waals surface area contributed by atoms with Crippen LogP contribution in [0.15, 0.2) is 5.38 Å². The predicted molar refractivity (Wildman–Crippen MR) is 71.9 cm³/mol. The molecule has 1 aromatic rings. The van der Waals surface area contributed by atoms with Crippen molar-refractivity contribution >= 4 is 17.3 Å². The van der Waals surface area contributed by atoms with E-state index < -0.39 is 5.97 Å². The number of carbonyl (C=O) groups is 1. The van der Waals surface area contributed by atoms with Crippen molar-refractivity contribution in [2.24, 2.45) is 0 Å². The van der Waals surface area contributed by atoms with Crippen LogP contribution in [0.2, 0.25) is 0 Å². The zero-order valence-electron chi connectivity index (χ0n) is 11.1. The van der Waals surface area contributed by atoms with Gasteiger partial charge >= 0.3 is 5.97 Å². The monoisotopic (exact) mass is 268 g/mol. The van der Waals surface area contributed by atoms with Crippen molar-refractivity contribution in [1.82, 2.24) is 9.88 Å². The molecule has 0 spiro atoms. The van der Waals surface area contributed by atoms with Crippen LogP contribution in [0, 0.1) is 0 Å². The first kappa shape index (κ1) is 13.5. The number of hydrogen-bond donors (Lipinski definition) is 1. The summed E-state index contributed by atoms with van der Waals surface area (Å²) in [5, 5.41) is 12.1. The van der Waals surface area contributed by atoms with Crippen LogP contribution in [0.25, 0.3) is 0 Å². The summed E-state index contributed by atoms with van der Waals surface area (Å²) in [6.45, 7) is 7.21. The molecule has 1 fully saturated rings. The average Bonchev–Trinajstić information content (AvgIpc) is 2.96. The minimum Gasteiger partial charge on any atom is -0.480 e. The fraction of sp³-hybridized carbons (Fsp3) is 0.692. The van der Waals surface area contributed by atoms with Gasteiger partial charge in [0.1, 0.15) is 0 Å². The molecule has 0 unspecified atom stereocenters. The van der Waals surface area contributed by atoms with E-state index in [1.165, 1.54) is 0 Å². The quantitative estimate of drug-likeness (QED) is 0.891. The summed E-state index contributed by atoms with van der Waals surface area (Å²) >= 11 is 1.66. The van der Waals surface area contributed by atoms with Gasteiger partial charge in [0, 0.05) is 23.4 Å². The molecular formula is C13H20N2O2S. The molecule has 1 N–H and O–H groups in total. The zero-order chi connectivity index (χ0) is 13.3. The second-order valence-corrected chi connectivity index (χ2v) is 6.78. The van der Waals surface area contributed by atoms with E-state index in [9.17, 15) is 4.79 Å². The lowest BCUT2D eigenvalue weighted by Crippen LogP contribution is -2.31. The van der Waals surface area contributed by atoms with E-state index in [0.717, 1.165) is 23.5 Å². The Hall–Kier alpha value is -0.940. The van der Waals surface area contributed by atoms with Gasteiger partial charge < -0.3 is 5.11 Å². The Morgan fingerprint density at radius 1 is 1.56 bits per heavy atom. The van der Waals surface area contributed by atoms with Crippen molar-refractivity contribution in [3.8, 4) is 0 Å². The summed E-state index contributed by atoms with van der Waals surface area (Å²) in [5.74, 6) is -0.756. The van der Waals surface area contributed by atoms with Gasteiger partial charge in [-0.2, -0.15) is 0 Å². The SMILES string of the molecule is CC(C)(C)c1nc(CN(CC(=O)O)C2CC2)cs1. The molecular weight excluding hydrogens is 248 g/mol. The standard InChI is InChI=1S/C13H20N2O2S/c1-13(2,3)12-14-9(8-18-12)6-15(7-11(16)17)10-4-5-10/h8,10H,4-7H2,1-3H3,(H,16,17). The minimum atomic E-state index is -0.756. The lowest BCUT2D eigenvalue weighted by Gasteiger charge is -2.18. The summed E-state index contributed by atoms with van der Waals surface area (Å²) in [6.07, 6.45) is 2.23. The molecule has 0 bridgehead atoms. The first-order valence-electron chi connectivity index (χ1n) is 6.27. The molecule has 5 heteroatoms. The van der Waals surface area contributed by atoms with E-state index in [4.69, 9.17) is 5.11 Å². The zero-order valence-corrected chi connectivity index (χ0v) is 12.0. The number of nitrogens with zero attached hydrogens (tertiary/aromatic N) is 2. The van der Waals surface area contributed by atoms with Gasteiger partial charge in [0.2, 0.25) is 0 Å². The highest BCUT2D eigenvalue weighted by Gasteiger charge is 2.31. The molecule has 1 aliphatic rings. The molecule has 0 amide bonds. The first-order valence-corrected chi connectivity index (χ1v) is 7.15. The largest absolute Gasteiger partial charge is 0.480 e. The third-order valence-corrected chi connectivity index (χ3v) is 4.28. The number of carboxylic acids is 1. The predicted octanol–water partition coefficient (Wildman–Crippen LogP) is 2.49. The second kappa shape index (κ2) is 4.97. The van der Waals surface area contributed by atoms with Crippen LogP contribution >= 0.6 is 11.3 Å². The summed E-state index contributed by atoms with van der Waals surface area (Å²) in [5.41, 5.74) is 1.07. The number of hydrogen-bond acceptors (Lipinski definition) is 4. The summed E-state index contributed by atoms with van der Waals surface area (Å²) < 4.78 is 0. The minimum absolute atomic E-state index is 0.0696. The van der Waals surface area contributed by atoms with Crippen molar-refractivity contribution in [1.29, 1.82) is 0 Å². The molecule has 18 heavy (non-hydrogen) atoms. The van der Waals surface area contributed by atoms with E-state index in [-0.39, 0.29) is 12.0 Å². The van der Waals surface area contributed by atoms with Crippen molar-refractivity contribution in [2.45, 2.75) is 51.6 Å². The fourth-order valence-corrected chi connectivity index (χ4v) is 2.76. The number of carboxylic acid groups (broad SMARTS) is 1. The summed E-state index contributed by atoms with van der Waals surface area (Å²) in [6, 6.07) is 0.445. The topological polar surface area (TPSA) is 53.4 Å². The third kappa shape index (κ3) is 3.53. The van der Waals surface area contributed by atoms with E-state index in [1.54, 1.807) is 11.3 Å². The van der Waals surface area contributed by atoms with Gasteiger partial charge in [-0.1, -0.05) is 20.8 Å².